The molecule has 2 aliphatic heterocycles. The van der Waals surface area contributed by atoms with Crippen LogP contribution in [0.2, 0.25) is 0 Å². The number of hydrogen-bond donors (Lipinski definition) is 2. The van der Waals surface area contributed by atoms with E-state index in [1.165, 1.54) is 20.9 Å². The first kappa shape index (κ1) is 24.7. The molecule has 2 N–H and O–H groups in total. The summed E-state index contributed by atoms with van der Waals surface area (Å²) in [6, 6.07) is 15.3. The highest BCUT2D eigenvalue weighted by molar-refractivity contribution is 7.99. The number of carbonyl (C=O) groups is 3. The highest BCUT2D eigenvalue weighted by atomic mass is 32.2. The zero-order chi connectivity index (χ0) is 24.0. The lowest BCUT2D eigenvalue weighted by atomic mass is 9.94. The van der Waals surface area contributed by atoms with Crippen molar-refractivity contribution in [1.82, 2.24) is 9.80 Å². The van der Waals surface area contributed by atoms with Gasteiger partial charge in [-0.3, -0.25) is 9.69 Å². The van der Waals surface area contributed by atoms with Gasteiger partial charge >= 0.3 is 11.9 Å². The molecular weight excluding hydrogens is 440 g/mol. The third kappa shape index (κ3) is 6.77. The van der Waals surface area contributed by atoms with Crippen LogP contribution in [0.25, 0.3) is 0 Å². The maximum atomic E-state index is 11.9. The average Bonchev–Trinajstić information content (AvgIpc) is 2.95. The van der Waals surface area contributed by atoms with Crippen molar-refractivity contribution in [2.75, 3.05) is 33.2 Å². The summed E-state index contributed by atoms with van der Waals surface area (Å²) >= 11 is 1.84. The number of aliphatic carboxylic acids is 2. The fourth-order valence-corrected chi connectivity index (χ4v) is 5.05. The summed E-state index contributed by atoms with van der Waals surface area (Å²) in [7, 11) is 2.19. The van der Waals surface area contributed by atoms with Crippen LogP contribution in [0.5, 0.6) is 0 Å². The van der Waals surface area contributed by atoms with E-state index in [0.717, 1.165) is 38.2 Å². The molecule has 1 unspecified atom stereocenters. The van der Waals surface area contributed by atoms with Crippen LogP contribution in [0.1, 0.15) is 34.5 Å². The first-order valence-corrected chi connectivity index (χ1v) is 11.5. The van der Waals surface area contributed by atoms with E-state index in [4.69, 9.17) is 10.2 Å². The van der Waals surface area contributed by atoms with Crippen molar-refractivity contribution in [3.63, 3.8) is 0 Å². The van der Waals surface area contributed by atoms with Crippen molar-refractivity contribution < 1.29 is 24.6 Å². The monoisotopic (exact) mass is 468 g/mol. The summed E-state index contributed by atoms with van der Waals surface area (Å²) in [5, 5.41) is 15.6. The Morgan fingerprint density at radius 1 is 0.939 bits per heavy atom. The Bertz CT molecular complexity index is 1040. The lowest BCUT2D eigenvalue weighted by Gasteiger charge is -2.38. The summed E-state index contributed by atoms with van der Waals surface area (Å²) in [6.45, 7) is 6.03. The fourth-order valence-electron chi connectivity index (χ4n) is 3.93. The molecule has 0 amide bonds. The van der Waals surface area contributed by atoms with Gasteiger partial charge in [-0.25, -0.2) is 9.59 Å². The van der Waals surface area contributed by atoms with E-state index >= 15 is 0 Å². The number of piperazine rings is 1. The normalized spacial score (nSPS) is 18.4. The molecule has 8 heteroatoms. The third-order valence-electron chi connectivity index (χ3n) is 5.73. The summed E-state index contributed by atoms with van der Waals surface area (Å²) in [5.41, 5.74) is 3.56. The van der Waals surface area contributed by atoms with E-state index in [2.05, 4.69) is 53.2 Å². The third-order valence-corrected chi connectivity index (χ3v) is 6.94. The summed E-state index contributed by atoms with van der Waals surface area (Å²) in [5.74, 6) is -2.37. The largest absolute Gasteiger partial charge is 0.478 e. The number of carbonyl (C=O) groups excluding carboxylic acids is 1. The van der Waals surface area contributed by atoms with Crippen LogP contribution in [-0.2, 0) is 16.0 Å². The zero-order valence-electron chi connectivity index (χ0n) is 18.7. The highest BCUT2D eigenvalue weighted by Gasteiger charge is 2.29. The molecule has 2 aromatic carbocycles. The number of Topliss-reactive ketones (excluding diaryl/α,β-unsaturated/α-hetero) is 1. The molecule has 0 aliphatic carbocycles. The Balaban J connectivity index is 0.000000331. The van der Waals surface area contributed by atoms with Gasteiger partial charge in [0.05, 0.1) is 0 Å². The van der Waals surface area contributed by atoms with Gasteiger partial charge in [0.2, 0.25) is 0 Å². The Hall–Kier alpha value is -2.94. The Kier molecular flexibility index (Phi) is 8.43. The molecule has 0 saturated carbocycles. The number of rotatable bonds is 4. The van der Waals surface area contributed by atoms with Gasteiger partial charge in [-0.2, -0.15) is 0 Å². The number of fused-ring (bicyclic) bond motifs is 2. The minimum Gasteiger partial charge on any atom is -0.478 e. The Morgan fingerprint density at radius 3 is 2.18 bits per heavy atom. The summed E-state index contributed by atoms with van der Waals surface area (Å²) in [4.78, 5) is 38.7. The lowest BCUT2D eigenvalue weighted by Crippen LogP contribution is -2.46. The molecule has 2 heterocycles. The van der Waals surface area contributed by atoms with Crippen LogP contribution in [0.3, 0.4) is 0 Å². The van der Waals surface area contributed by atoms with Crippen molar-refractivity contribution in [1.29, 1.82) is 0 Å². The SMILES string of the molecule is CC(=O)c1ccc2c(c1)C(N1CCN(C)CC1)Cc1ccccc1S2.O=C(O)/C=C\C(=O)O. The van der Waals surface area contributed by atoms with Crippen molar-refractivity contribution in [2.45, 2.75) is 29.2 Å². The Morgan fingerprint density at radius 2 is 1.58 bits per heavy atom. The van der Waals surface area contributed by atoms with Gasteiger partial charge in [0.1, 0.15) is 0 Å². The minimum absolute atomic E-state index is 0.145. The van der Waals surface area contributed by atoms with Gasteiger partial charge in [-0.15, -0.1) is 0 Å². The first-order chi connectivity index (χ1) is 15.7. The van der Waals surface area contributed by atoms with E-state index in [-0.39, 0.29) is 5.78 Å². The van der Waals surface area contributed by atoms with E-state index in [0.29, 0.717) is 18.2 Å². The number of carboxylic acid groups (broad SMARTS) is 2. The van der Waals surface area contributed by atoms with Crippen molar-refractivity contribution in [3.8, 4) is 0 Å². The molecule has 4 rings (SSSR count). The van der Waals surface area contributed by atoms with Gasteiger partial charge in [0, 0.05) is 59.7 Å². The predicted molar refractivity (Wildman–Crippen MR) is 127 cm³/mol. The molecular formula is C25H28N2O5S. The molecule has 7 nitrogen and oxygen atoms in total. The predicted octanol–water partition coefficient (Wildman–Crippen LogP) is 3.60. The number of carboxylic acids is 2. The second kappa shape index (κ2) is 11.3. The molecule has 2 aliphatic rings. The molecule has 1 atom stereocenters. The quantitative estimate of drug-likeness (QED) is 0.519. The molecule has 174 valence electrons. The molecule has 0 spiro atoms. The number of nitrogens with zero attached hydrogens (tertiary/aromatic N) is 2. The van der Waals surface area contributed by atoms with Crippen LogP contribution in [-0.4, -0.2) is 71.0 Å². The van der Waals surface area contributed by atoms with Crippen LogP contribution in [0.4, 0.5) is 0 Å². The zero-order valence-corrected chi connectivity index (χ0v) is 19.5. The lowest BCUT2D eigenvalue weighted by molar-refractivity contribution is -0.134. The van der Waals surface area contributed by atoms with Gasteiger partial charge in [-0.1, -0.05) is 36.0 Å². The topological polar surface area (TPSA) is 98.2 Å². The molecule has 0 radical (unpaired) electrons. The molecule has 1 fully saturated rings. The second-order valence-corrected chi connectivity index (χ2v) is 9.17. The van der Waals surface area contributed by atoms with E-state index in [9.17, 15) is 14.4 Å². The number of hydrogen-bond acceptors (Lipinski definition) is 6. The van der Waals surface area contributed by atoms with Crippen molar-refractivity contribution in [3.05, 3.63) is 71.3 Å². The first-order valence-electron chi connectivity index (χ1n) is 10.7. The summed E-state index contributed by atoms with van der Waals surface area (Å²) < 4.78 is 0. The highest BCUT2D eigenvalue weighted by Crippen LogP contribution is 2.43. The summed E-state index contributed by atoms with van der Waals surface area (Å²) in [6.07, 6.45) is 2.13. The molecule has 0 bridgehead atoms. The van der Waals surface area contributed by atoms with Gasteiger partial charge in [0.15, 0.2) is 5.78 Å². The molecule has 2 aromatic rings. The number of likely N-dealkylation sites (N-methyl/N-ethyl adjacent to an activating group) is 1. The van der Waals surface area contributed by atoms with Crippen molar-refractivity contribution >= 4 is 29.5 Å². The van der Waals surface area contributed by atoms with Crippen LogP contribution in [0, 0.1) is 0 Å². The van der Waals surface area contributed by atoms with Crippen molar-refractivity contribution in [2.24, 2.45) is 0 Å². The molecule has 33 heavy (non-hydrogen) atoms. The van der Waals surface area contributed by atoms with E-state index < -0.39 is 11.9 Å². The molecule has 1 saturated heterocycles. The molecule has 0 aromatic heterocycles. The number of ketones is 1. The van der Waals surface area contributed by atoms with Gasteiger partial charge in [-0.05, 0) is 49.7 Å². The van der Waals surface area contributed by atoms with Crippen LogP contribution in [0.15, 0.2) is 64.4 Å². The van der Waals surface area contributed by atoms with Crippen LogP contribution >= 0.6 is 11.8 Å². The number of benzene rings is 2. The smallest absolute Gasteiger partial charge is 0.328 e. The Labute approximate surface area is 197 Å². The van der Waals surface area contributed by atoms with Crippen LogP contribution < -0.4 is 0 Å². The fraction of sp³-hybridized carbons (Fsp3) is 0.320. The van der Waals surface area contributed by atoms with E-state index in [1.807, 2.05) is 17.8 Å². The second-order valence-electron chi connectivity index (χ2n) is 8.09. The maximum absolute atomic E-state index is 11.9. The van der Waals surface area contributed by atoms with E-state index in [1.54, 1.807) is 6.92 Å². The van der Waals surface area contributed by atoms with Gasteiger partial charge in [0.25, 0.3) is 0 Å². The van der Waals surface area contributed by atoms with Gasteiger partial charge < -0.3 is 15.1 Å². The minimum atomic E-state index is -1.26. The maximum Gasteiger partial charge on any atom is 0.328 e. The standard InChI is InChI=1S/C21H24N2OS.C4H4O4/c1-15(24)16-7-8-21-18(13-16)19(23-11-9-22(2)10-12-23)14-17-5-3-4-6-20(17)25-21;5-3(6)1-2-4(7)8/h3-8,13,19H,9-12,14H2,1-2H3;1-2H,(H,5,6)(H,7,8)/b;2-1-. The average molecular weight is 469 g/mol.